The highest BCUT2D eigenvalue weighted by Gasteiger charge is 2.16. The molecule has 4 nitrogen and oxygen atoms in total. The standard InChI is InChI=1S/C13H9F2N3O/c1-7-2-5-10(16-6-7)18-12-9(17-13(18)19)4-3-8(14)11(12)15/h2-6H,1H3,(H,17,19). The van der Waals surface area contributed by atoms with Crippen LogP contribution >= 0.6 is 0 Å². The fourth-order valence-electron chi connectivity index (χ4n) is 1.94. The van der Waals surface area contributed by atoms with Crippen LogP contribution in [-0.4, -0.2) is 14.5 Å². The van der Waals surface area contributed by atoms with Gasteiger partial charge >= 0.3 is 5.69 Å². The Morgan fingerprint density at radius 2 is 2.00 bits per heavy atom. The van der Waals surface area contributed by atoms with Crippen molar-refractivity contribution in [1.29, 1.82) is 0 Å². The van der Waals surface area contributed by atoms with Gasteiger partial charge in [-0.15, -0.1) is 0 Å². The number of nitrogens with one attached hydrogen (secondary N) is 1. The zero-order valence-corrected chi connectivity index (χ0v) is 9.95. The summed E-state index contributed by atoms with van der Waals surface area (Å²) in [7, 11) is 0. The smallest absolute Gasteiger partial charge is 0.305 e. The van der Waals surface area contributed by atoms with E-state index in [1.54, 1.807) is 18.3 Å². The molecule has 0 amide bonds. The van der Waals surface area contributed by atoms with Crippen LogP contribution in [0.2, 0.25) is 0 Å². The minimum absolute atomic E-state index is 0.138. The van der Waals surface area contributed by atoms with E-state index in [9.17, 15) is 13.6 Å². The third kappa shape index (κ3) is 1.72. The number of pyridine rings is 1. The Labute approximate surface area is 106 Å². The summed E-state index contributed by atoms with van der Waals surface area (Å²) < 4.78 is 28.2. The van der Waals surface area contributed by atoms with Gasteiger partial charge in [-0.05, 0) is 30.7 Å². The fourth-order valence-corrected chi connectivity index (χ4v) is 1.94. The molecule has 1 N–H and O–H groups in total. The molecule has 0 unspecified atom stereocenters. The van der Waals surface area contributed by atoms with Crippen LogP contribution in [0.3, 0.4) is 0 Å². The predicted molar refractivity (Wildman–Crippen MR) is 66.3 cm³/mol. The van der Waals surface area contributed by atoms with Crippen molar-refractivity contribution in [2.24, 2.45) is 0 Å². The van der Waals surface area contributed by atoms with Crippen LogP contribution in [0.15, 0.2) is 35.3 Å². The zero-order valence-electron chi connectivity index (χ0n) is 9.95. The van der Waals surface area contributed by atoms with Crippen LogP contribution in [0.1, 0.15) is 5.56 Å². The Morgan fingerprint density at radius 3 is 2.68 bits per heavy atom. The van der Waals surface area contributed by atoms with Crippen LogP contribution in [-0.2, 0) is 0 Å². The van der Waals surface area contributed by atoms with Gasteiger partial charge in [-0.25, -0.2) is 23.1 Å². The first-order chi connectivity index (χ1) is 9.08. The maximum atomic E-state index is 13.9. The van der Waals surface area contributed by atoms with E-state index < -0.39 is 17.3 Å². The van der Waals surface area contributed by atoms with Gasteiger partial charge in [0.25, 0.3) is 0 Å². The number of aromatic nitrogens is 3. The lowest BCUT2D eigenvalue weighted by molar-refractivity contribution is 0.514. The second-order valence-corrected chi connectivity index (χ2v) is 4.22. The van der Waals surface area contributed by atoms with Crippen molar-refractivity contribution in [3.8, 4) is 5.82 Å². The van der Waals surface area contributed by atoms with E-state index in [0.29, 0.717) is 0 Å². The average Bonchev–Trinajstić information content (AvgIpc) is 2.72. The lowest BCUT2D eigenvalue weighted by Crippen LogP contribution is -2.16. The van der Waals surface area contributed by atoms with Crippen LogP contribution in [0.4, 0.5) is 8.78 Å². The van der Waals surface area contributed by atoms with E-state index in [-0.39, 0.29) is 16.9 Å². The van der Waals surface area contributed by atoms with Crippen molar-refractivity contribution in [3.05, 3.63) is 58.1 Å². The highest BCUT2D eigenvalue weighted by atomic mass is 19.2. The summed E-state index contributed by atoms with van der Waals surface area (Å²) in [6, 6.07) is 5.61. The lowest BCUT2D eigenvalue weighted by Gasteiger charge is -2.03. The monoisotopic (exact) mass is 261 g/mol. The van der Waals surface area contributed by atoms with Gasteiger partial charge in [0.15, 0.2) is 11.6 Å². The Hall–Kier alpha value is -2.50. The number of aromatic amines is 1. The summed E-state index contributed by atoms with van der Waals surface area (Å²) in [6.45, 7) is 1.84. The minimum Gasteiger partial charge on any atom is -0.305 e. The highest BCUT2D eigenvalue weighted by Crippen LogP contribution is 2.20. The van der Waals surface area contributed by atoms with Crippen LogP contribution < -0.4 is 5.69 Å². The van der Waals surface area contributed by atoms with Crippen molar-refractivity contribution in [1.82, 2.24) is 14.5 Å². The van der Waals surface area contributed by atoms with E-state index in [1.807, 2.05) is 6.92 Å². The van der Waals surface area contributed by atoms with E-state index >= 15 is 0 Å². The van der Waals surface area contributed by atoms with Crippen LogP contribution in [0, 0.1) is 18.6 Å². The van der Waals surface area contributed by atoms with Gasteiger partial charge in [0.1, 0.15) is 11.3 Å². The fraction of sp³-hybridized carbons (Fsp3) is 0.0769. The molecule has 1 aromatic carbocycles. The highest BCUT2D eigenvalue weighted by molar-refractivity contribution is 5.77. The number of imidazole rings is 1. The Bertz CT molecular complexity index is 818. The molecular formula is C13H9F2N3O. The first-order valence-electron chi connectivity index (χ1n) is 5.59. The maximum absolute atomic E-state index is 13.9. The van der Waals surface area contributed by atoms with Gasteiger partial charge in [-0.1, -0.05) is 6.07 Å². The number of hydrogen-bond donors (Lipinski definition) is 1. The molecule has 0 aliphatic carbocycles. The van der Waals surface area contributed by atoms with Crippen molar-refractivity contribution in [3.63, 3.8) is 0 Å². The summed E-state index contributed by atoms with van der Waals surface area (Å²) in [5.74, 6) is -1.84. The SMILES string of the molecule is Cc1ccc(-n2c(=O)[nH]c3ccc(F)c(F)c32)nc1. The topological polar surface area (TPSA) is 50.7 Å². The van der Waals surface area contributed by atoms with E-state index in [4.69, 9.17) is 0 Å². The number of fused-ring (bicyclic) bond motifs is 1. The maximum Gasteiger partial charge on any atom is 0.332 e. The Morgan fingerprint density at radius 1 is 1.21 bits per heavy atom. The van der Waals surface area contributed by atoms with E-state index in [2.05, 4.69) is 9.97 Å². The molecule has 0 fully saturated rings. The van der Waals surface area contributed by atoms with Gasteiger partial charge in [0.2, 0.25) is 0 Å². The molecule has 3 aromatic rings. The summed E-state index contributed by atoms with van der Waals surface area (Å²) in [5, 5.41) is 0. The quantitative estimate of drug-likeness (QED) is 0.730. The average molecular weight is 261 g/mol. The summed E-state index contributed by atoms with van der Waals surface area (Å²) >= 11 is 0. The number of aryl methyl sites for hydroxylation is 1. The molecule has 0 saturated carbocycles. The number of hydrogen-bond acceptors (Lipinski definition) is 2. The lowest BCUT2D eigenvalue weighted by atomic mass is 10.3. The molecule has 0 bridgehead atoms. The first-order valence-corrected chi connectivity index (χ1v) is 5.59. The van der Waals surface area contributed by atoms with Crippen molar-refractivity contribution in [2.75, 3.05) is 0 Å². The number of benzene rings is 1. The van der Waals surface area contributed by atoms with E-state index in [1.165, 1.54) is 6.07 Å². The number of nitrogens with zero attached hydrogens (tertiary/aromatic N) is 2. The zero-order chi connectivity index (χ0) is 13.6. The van der Waals surface area contributed by atoms with Crippen molar-refractivity contribution < 1.29 is 8.78 Å². The van der Waals surface area contributed by atoms with E-state index in [0.717, 1.165) is 16.2 Å². The molecule has 0 aliphatic heterocycles. The number of H-pyrrole nitrogens is 1. The molecule has 2 heterocycles. The summed E-state index contributed by atoms with van der Waals surface area (Å²) in [5.41, 5.74) is 0.437. The molecule has 96 valence electrons. The molecule has 0 spiro atoms. The molecule has 19 heavy (non-hydrogen) atoms. The molecule has 0 aliphatic rings. The molecule has 0 saturated heterocycles. The van der Waals surface area contributed by atoms with Crippen molar-refractivity contribution in [2.45, 2.75) is 6.92 Å². The first kappa shape index (κ1) is 11.6. The molecule has 2 aromatic heterocycles. The van der Waals surface area contributed by atoms with Gasteiger partial charge < -0.3 is 4.98 Å². The molecule has 6 heteroatoms. The third-order valence-corrected chi connectivity index (χ3v) is 2.86. The van der Waals surface area contributed by atoms with Crippen LogP contribution in [0.25, 0.3) is 16.9 Å². The Balaban J connectivity index is 2.40. The molecule has 0 radical (unpaired) electrons. The molecule has 3 rings (SSSR count). The number of rotatable bonds is 1. The van der Waals surface area contributed by atoms with Gasteiger partial charge in [0, 0.05) is 6.20 Å². The van der Waals surface area contributed by atoms with Crippen molar-refractivity contribution >= 4 is 11.0 Å². The Kier molecular flexibility index (Phi) is 2.45. The second-order valence-electron chi connectivity index (χ2n) is 4.22. The summed E-state index contributed by atoms with van der Waals surface area (Å²) in [4.78, 5) is 18.4. The predicted octanol–water partition coefficient (Wildman–Crippen LogP) is 2.30. The van der Waals surface area contributed by atoms with Gasteiger partial charge in [-0.2, -0.15) is 0 Å². The summed E-state index contributed by atoms with van der Waals surface area (Å²) in [6.07, 6.45) is 1.55. The number of halogens is 2. The van der Waals surface area contributed by atoms with Gasteiger partial charge in [-0.3, -0.25) is 0 Å². The third-order valence-electron chi connectivity index (χ3n) is 2.86. The van der Waals surface area contributed by atoms with Gasteiger partial charge in [0.05, 0.1) is 5.52 Å². The minimum atomic E-state index is -1.07. The second kappa shape index (κ2) is 4.01. The van der Waals surface area contributed by atoms with Crippen LogP contribution in [0.5, 0.6) is 0 Å². The largest absolute Gasteiger partial charge is 0.332 e. The normalized spacial score (nSPS) is 11.1. The molecular weight excluding hydrogens is 252 g/mol. The molecule has 0 atom stereocenters.